The number of nitrogens with one attached hydrogen (secondary N) is 1. The van der Waals surface area contributed by atoms with Crippen LogP contribution in [0.4, 0.5) is 0 Å². The van der Waals surface area contributed by atoms with E-state index in [0.717, 1.165) is 26.1 Å². The summed E-state index contributed by atoms with van der Waals surface area (Å²) in [6.45, 7) is 4.29. The highest BCUT2D eigenvalue weighted by atomic mass is 35.5. The predicted octanol–water partition coefficient (Wildman–Crippen LogP) is 1.54. The maximum Gasteiger partial charge on any atom is 0.233 e. The minimum Gasteiger partial charge on any atom is -0.381 e. The van der Waals surface area contributed by atoms with Gasteiger partial charge in [-0.25, -0.2) is 0 Å². The molecule has 0 aromatic heterocycles. The van der Waals surface area contributed by atoms with Crippen molar-refractivity contribution in [3.8, 4) is 0 Å². The van der Waals surface area contributed by atoms with E-state index in [1.165, 1.54) is 11.1 Å². The standard InChI is InChI=1S/C15H22N2O2.ClH/c1-12-4-2-3-5-13(12)15(6-8-19-9-7-15)11-17-14(18)10-16;/h2-5H,6-11,16H2,1H3,(H,17,18);1H. The number of ether oxygens (including phenoxy) is 1. The van der Waals surface area contributed by atoms with Gasteiger partial charge in [-0.05, 0) is 30.9 Å². The molecule has 112 valence electrons. The van der Waals surface area contributed by atoms with Crippen LogP contribution in [0.5, 0.6) is 0 Å². The van der Waals surface area contributed by atoms with Crippen LogP contribution in [0.1, 0.15) is 24.0 Å². The molecule has 1 aliphatic heterocycles. The Morgan fingerprint density at radius 3 is 2.60 bits per heavy atom. The second-order valence-corrected chi connectivity index (χ2v) is 5.19. The van der Waals surface area contributed by atoms with Gasteiger partial charge in [0.25, 0.3) is 0 Å². The van der Waals surface area contributed by atoms with Gasteiger partial charge in [-0.1, -0.05) is 24.3 Å². The van der Waals surface area contributed by atoms with Crippen LogP contribution in [0.3, 0.4) is 0 Å². The molecule has 0 bridgehead atoms. The normalized spacial score (nSPS) is 17.1. The zero-order chi connectivity index (χ0) is 13.7. The van der Waals surface area contributed by atoms with Gasteiger partial charge in [-0.15, -0.1) is 12.4 Å². The van der Waals surface area contributed by atoms with Crippen molar-refractivity contribution in [2.75, 3.05) is 26.3 Å². The van der Waals surface area contributed by atoms with Crippen molar-refractivity contribution < 1.29 is 9.53 Å². The van der Waals surface area contributed by atoms with Crippen molar-refractivity contribution in [3.05, 3.63) is 35.4 Å². The predicted molar refractivity (Wildman–Crippen MR) is 82.2 cm³/mol. The van der Waals surface area contributed by atoms with E-state index in [1.54, 1.807) is 0 Å². The fourth-order valence-electron chi connectivity index (χ4n) is 2.81. The number of hydrogen-bond donors (Lipinski definition) is 2. The quantitative estimate of drug-likeness (QED) is 0.886. The molecule has 1 amide bonds. The first-order chi connectivity index (χ1) is 9.18. The maximum absolute atomic E-state index is 11.4. The summed E-state index contributed by atoms with van der Waals surface area (Å²) >= 11 is 0. The number of rotatable bonds is 4. The molecular formula is C15H23ClN2O2. The third kappa shape index (κ3) is 3.72. The first kappa shape index (κ1) is 17.0. The van der Waals surface area contributed by atoms with E-state index in [0.29, 0.717) is 6.54 Å². The summed E-state index contributed by atoms with van der Waals surface area (Å²) in [5.41, 5.74) is 7.93. The van der Waals surface area contributed by atoms with Crippen molar-refractivity contribution in [2.45, 2.75) is 25.2 Å². The molecule has 0 spiro atoms. The maximum atomic E-state index is 11.4. The van der Waals surface area contributed by atoms with Crippen molar-refractivity contribution in [3.63, 3.8) is 0 Å². The zero-order valence-electron chi connectivity index (χ0n) is 11.9. The van der Waals surface area contributed by atoms with Gasteiger partial charge in [0, 0.05) is 25.2 Å². The third-order valence-corrected chi connectivity index (χ3v) is 3.98. The molecule has 0 saturated carbocycles. The SMILES string of the molecule is Cc1ccccc1C1(CNC(=O)CN)CCOCC1.Cl. The summed E-state index contributed by atoms with van der Waals surface area (Å²) in [7, 11) is 0. The Morgan fingerprint density at radius 2 is 2.00 bits per heavy atom. The lowest BCUT2D eigenvalue weighted by Gasteiger charge is -2.39. The highest BCUT2D eigenvalue weighted by molar-refractivity contribution is 5.85. The number of hydrogen-bond acceptors (Lipinski definition) is 3. The highest BCUT2D eigenvalue weighted by Gasteiger charge is 2.35. The largest absolute Gasteiger partial charge is 0.381 e. The van der Waals surface area contributed by atoms with Crippen LogP contribution in [-0.2, 0) is 14.9 Å². The van der Waals surface area contributed by atoms with Crippen LogP contribution < -0.4 is 11.1 Å². The van der Waals surface area contributed by atoms with Gasteiger partial charge in [-0.3, -0.25) is 4.79 Å². The Labute approximate surface area is 126 Å². The molecule has 2 rings (SSSR count). The summed E-state index contributed by atoms with van der Waals surface area (Å²) in [6, 6.07) is 8.39. The molecule has 0 aliphatic carbocycles. The average Bonchev–Trinajstić information content (AvgIpc) is 2.46. The summed E-state index contributed by atoms with van der Waals surface area (Å²) in [5, 5.41) is 2.95. The molecule has 20 heavy (non-hydrogen) atoms. The van der Waals surface area contributed by atoms with Crippen LogP contribution in [-0.4, -0.2) is 32.2 Å². The zero-order valence-corrected chi connectivity index (χ0v) is 12.7. The lowest BCUT2D eigenvalue weighted by molar-refractivity contribution is -0.120. The van der Waals surface area contributed by atoms with Gasteiger partial charge in [0.15, 0.2) is 0 Å². The fourth-order valence-corrected chi connectivity index (χ4v) is 2.81. The number of benzene rings is 1. The fraction of sp³-hybridized carbons (Fsp3) is 0.533. The van der Waals surface area contributed by atoms with E-state index in [1.807, 2.05) is 6.07 Å². The van der Waals surface area contributed by atoms with Crippen molar-refractivity contribution >= 4 is 18.3 Å². The van der Waals surface area contributed by atoms with Crippen molar-refractivity contribution in [1.82, 2.24) is 5.32 Å². The van der Waals surface area contributed by atoms with E-state index < -0.39 is 0 Å². The Kier molecular flexibility index (Phi) is 6.46. The average molecular weight is 299 g/mol. The Hall–Kier alpha value is -1.10. The van der Waals surface area contributed by atoms with Gasteiger partial charge in [0.1, 0.15) is 0 Å². The van der Waals surface area contributed by atoms with Crippen LogP contribution >= 0.6 is 12.4 Å². The molecule has 5 heteroatoms. The molecule has 0 radical (unpaired) electrons. The summed E-state index contributed by atoms with van der Waals surface area (Å²) in [6.07, 6.45) is 1.87. The van der Waals surface area contributed by atoms with Crippen LogP contribution in [0.25, 0.3) is 0 Å². The molecule has 1 saturated heterocycles. The van der Waals surface area contributed by atoms with Crippen LogP contribution in [0.2, 0.25) is 0 Å². The van der Waals surface area contributed by atoms with Gasteiger partial charge in [-0.2, -0.15) is 0 Å². The number of halogens is 1. The smallest absolute Gasteiger partial charge is 0.233 e. The van der Waals surface area contributed by atoms with Gasteiger partial charge >= 0.3 is 0 Å². The Bertz CT molecular complexity index is 445. The molecule has 1 heterocycles. The highest BCUT2D eigenvalue weighted by Crippen LogP contribution is 2.36. The number of aryl methyl sites for hydroxylation is 1. The Morgan fingerprint density at radius 1 is 1.35 bits per heavy atom. The first-order valence-electron chi connectivity index (χ1n) is 6.78. The molecular weight excluding hydrogens is 276 g/mol. The van der Waals surface area contributed by atoms with Crippen LogP contribution in [0, 0.1) is 6.92 Å². The van der Waals surface area contributed by atoms with E-state index in [9.17, 15) is 4.79 Å². The lowest BCUT2D eigenvalue weighted by Crippen LogP contribution is -2.46. The van der Waals surface area contributed by atoms with E-state index in [4.69, 9.17) is 10.5 Å². The molecule has 0 atom stereocenters. The van der Waals surface area contributed by atoms with E-state index >= 15 is 0 Å². The molecule has 1 aromatic rings. The van der Waals surface area contributed by atoms with Crippen molar-refractivity contribution in [2.24, 2.45) is 5.73 Å². The van der Waals surface area contributed by atoms with E-state index in [-0.39, 0.29) is 30.3 Å². The molecule has 0 unspecified atom stereocenters. The number of carbonyl (C=O) groups is 1. The number of amides is 1. The third-order valence-electron chi connectivity index (χ3n) is 3.98. The molecule has 1 aromatic carbocycles. The number of carbonyl (C=O) groups excluding carboxylic acids is 1. The summed E-state index contributed by atoms with van der Waals surface area (Å²) < 4.78 is 5.48. The second-order valence-electron chi connectivity index (χ2n) is 5.19. The molecule has 1 aliphatic rings. The van der Waals surface area contributed by atoms with Gasteiger partial charge in [0.2, 0.25) is 5.91 Å². The minimum atomic E-state index is -0.0977. The van der Waals surface area contributed by atoms with Gasteiger partial charge in [0.05, 0.1) is 6.54 Å². The summed E-state index contributed by atoms with van der Waals surface area (Å²) in [4.78, 5) is 11.4. The molecule has 4 nitrogen and oxygen atoms in total. The van der Waals surface area contributed by atoms with Gasteiger partial charge < -0.3 is 15.8 Å². The molecule has 1 fully saturated rings. The summed E-state index contributed by atoms with van der Waals surface area (Å²) in [5.74, 6) is -0.0977. The minimum absolute atomic E-state index is 0. The van der Waals surface area contributed by atoms with E-state index in [2.05, 4.69) is 30.4 Å². The second kappa shape index (κ2) is 7.62. The topological polar surface area (TPSA) is 64.4 Å². The monoisotopic (exact) mass is 298 g/mol. The van der Waals surface area contributed by atoms with Crippen molar-refractivity contribution in [1.29, 1.82) is 0 Å². The van der Waals surface area contributed by atoms with Crippen LogP contribution in [0.15, 0.2) is 24.3 Å². The Balaban J connectivity index is 0.00000200. The molecule has 3 N–H and O–H groups in total. The number of nitrogens with two attached hydrogens (primary N) is 1. The lowest BCUT2D eigenvalue weighted by atomic mass is 9.72. The first-order valence-corrected chi connectivity index (χ1v) is 6.78.